The monoisotopic (exact) mass is 353 g/mol. The standard InChI is InChI=1S/C21H23NO4/c1-21(2,3)26-20(24)22-18-11-7-15(8-12-18)5-9-17-10-6-16(14-23)13-19(17)25-4/h5-14H,1-4H3,(H,22,24). The first-order valence-corrected chi connectivity index (χ1v) is 8.22. The lowest BCUT2D eigenvalue weighted by molar-refractivity contribution is 0.0636. The van der Waals surface area contributed by atoms with Gasteiger partial charge in [0.25, 0.3) is 0 Å². The number of carbonyl (C=O) groups is 2. The zero-order valence-corrected chi connectivity index (χ0v) is 15.4. The molecule has 5 heteroatoms. The van der Waals surface area contributed by atoms with Gasteiger partial charge in [-0.05, 0) is 44.5 Å². The summed E-state index contributed by atoms with van der Waals surface area (Å²) in [6.45, 7) is 5.45. The topological polar surface area (TPSA) is 64.6 Å². The first-order chi connectivity index (χ1) is 12.3. The Bertz CT molecular complexity index is 802. The maximum absolute atomic E-state index is 11.8. The predicted molar refractivity (Wildman–Crippen MR) is 104 cm³/mol. The molecule has 0 aliphatic rings. The molecule has 0 spiro atoms. The number of hydrogen-bond acceptors (Lipinski definition) is 4. The lowest BCUT2D eigenvalue weighted by Gasteiger charge is -2.19. The molecule has 0 aliphatic carbocycles. The van der Waals surface area contributed by atoms with Crippen molar-refractivity contribution in [2.75, 3.05) is 12.4 Å². The van der Waals surface area contributed by atoms with E-state index in [4.69, 9.17) is 9.47 Å². The third-order valence-electron chi connectivity index (χ3n) is 3.40. The molecule has 0 fully saturated rings. The van der Waals surface area contributed by atoms with Crippen LogP contribution in [-0.4, -0.2) is 25.1 Å². The van der Waals surface area contributed by atoms with E-state index in [1.807, 2.05) is 51.1 Å². The second-order valence-corrected chi connectivity index (χ2v) is 6.70. The Balaban J connectivity index is 2.06. The third kappa shape index (κ3) is 5.77. The van der Waals surface area contributed by atoms with E-state index in [2.05, 4.69) is 5.32 Å². The van der Waals surface area contributed by atoms with Gasteiger partial charge in [-0.1, -0.05) is 36.4 Å². The Morgan fingerprint density at radius 1 is 1.00 bits per heavy atom. The normalized spacial score (nSPS) is 11.2. The van der Waals surface area contributed by atoms with Gasteiger partial charge in [-0.25, -0.2) is 4.79 Å². The number of benzene rings is 2. The van der Waals surface area contributed by atoms with E-state index in [1.165, 1.54) is 0 Å². The van der Waals surface area contributed by atoms with E-state index in [9.17, 15) is 9.59 Å². The molecule has 0 saturated heterocycles. The fourth-order valence-electron chi connectivity index (χ4n) is 2.22. The van der Waals surface area contributed by atoms with Crippen LogP contribution in [0.4, 0.5) is 10.5 Å². The number of ether oxygens (including phenoxy) is 2. The molecule has 2 rings (SSSR count). The molecule has 0 aromatic heterocycles. The van der Waals surface area contributed by atoms with Crippen LogP contribution in [0.3, 0.4) is 0 Å². The van der Waals surface area contributed by atoms with Gasteiger partial charge in [0.15, 0.2) is 0 Å². The summed E-state index contributed by atoms with van der Waals surface area (Å²) in [4.78, 5) is 22.6. The Labute approximate surface area is 153 Å². The van der Waals surface area contributed by atoms with E-state index < -0.39 is 11.7 Å². The third-order valence-corrected chi connectivity index (χ3v) is 3.40. The average molecular weight is 353 g/mol. The van der Waals surface area contributed by atoms with Crippen molar-refractivity contribution in [1.82, 2.24) is 0 Å². The number of amides is 1. The van der Waals surface area contributed by atoms with Crippen molar-refractivity contribution in [3.05, 3.63) is 59.2 Å². The molecule has 1 N–H and O–H groups in total. The predicted octanol–water partition coefficient (Wildman–Crippen LogP) is 5.03. The fraction of sp³-hybridized carbons (Fsp3) is 0.238. The number of aldehydes is 1. The Kier molecular flexibility index (Phi) is 6.17. The van der Waals surface area contributed by atoms with Crippen LogP contribution in [0.25, 0.3) is 12.2 Å². The van der Waals surface area contributed by atoms with Crippen molar-refractivity contribution in [3.8, 4) is 5.75 Å². The number of methoxy groups -OCH3 is 1. The SMILES string of the molecule is COc1cc(C=O)ccc1C=Cc1ccc(NC(=O)OC(C)(C)C)cc1. The molecular weight excluding hydrogens is 330 g/mol. The summed E-state index contributed by atoms with van der Waals surface area (Å²) in [5, 5.41) is 2.69. The fourth-order valence-corrected chi connectivity index (χ4v) is 2.22. The zero-order chi connectivity index (χ0) is 19.2. The van der Waals surface area contributed by atoms with Crippen LogP contribution in [0.1, 0.15) is 42.3 Å². The molecule has 2 aromatic rings. The molecule has 5 nitrogen and oxygen atoms in total. The van der Waals surface area contributed by atoms with Crippen LogP contribution in [0.15, 0.2) is 42.5 Å². The van der Waals surface area contributed by atoms with Gasteiger partial charge in [-0.15, -0.1) is 0 Å². The van der Waals surface area contributed by atoms with E-state index in [-0.39, 0.29) is 0 Å². The molecule has 0 aliphatic heterocycles. The lowest BCUT2D eigenvalue weighted by Crippen LogP contribution is -2.27. The largest absolute Gasteiger partial charge is 0.496 e. The minimum atomic E-state index is -0.536. The van der Waals surface area contributed by atoms with Crippen LogP contribution in [0.5, 0.6) is 5.75 Å². The van der Waals surface area contributed by atoms with Crippen molar-refractivity contribution in [2.45, 2.75) is 26.4 Å². The zero-order valence-electron chi connectivity index (χ0n) is 15.4. The van der Waals surface area contributed by atoms with Gasteiger partial charge in [0.2, 0.25) is 0 Å². The van der Waals surface area contributed by atoms with E-state index in [0.717, 1.165) is 17.4 Å². The minimum absolute atomic E-state index is 0.485. The summed E-state index contributed by atoms with van der Waals surface area (Å²) in [6, 6.07) is 12.6. The van der Waals surface area contributed by atoms with Crippen LogP contribution in [-0.2, 0) is 4.74 Å². The van der Waals surface area contributed by atoms with E-state index in [1.54, 1.807) is 31.4 Å². The molecule has 0 radical (unpaired) electrons. The van der Waals surface area contributed by atoms with Crippen molar-refractivity contribution in [2.24, 2.45) is 0 Å². The lowest BCUT2D eigenvalue weighted by atomic mass is 10.1. The highest BCUT2D eigenvalue weighted by Crippen LogP contribution is 2.22. The van der Waals surface area contributed by atoms with Gasteiger partial charge in [0.05, 0.1) is 7.11 Å². The van der Waals surface area contributed by atoms with Crippen LogP contribution < -0.4 is 10.1 Å². The molecule has 0 heterocycles. The number of carbonyl (C=O) groups excluding carboxylic acids is 2. The highest BCUT2D eigenvalue weighted by molar-refractivity contribution is 5.85. The maximum atomic E-state index is 11.8. The first-order valence-electron chi connectivity index (χ1n) is 8.22. The van der Waals surface area contributed by atoms with Crippen LogP contribution in [0.2, 0.25) is 0 Å². The molecule has 0 atom stereocenters. The smallest absolute Gasteiger partial charge is 0.412 e. The van der Waals surface area contributed by atoms with Crippen LogP contribution in [0, 0.1) is 0 Å². The van der Waals surface area contributed by atoms with Gasteiger partial charge < -0.3 is 9.47 Å². The van der Waals surface area contributed by atoms with Gasteiger partial charge >= 0.3 is 6.09 Å². The molecule has 0 unspecified atom stereocenters. The molecule has 0 bridgehead atoms. The number of rotatable bonds is 5. The molecular formula is C21H23NO4. The highest BCUT2D eigenvalue weighted by Gasteiger charge is 2.15. The number of nitrogens with one attached hydrogen (secondary N) is 1. The second kappa shape index (κ2) is 8.34. The van der Waals surface area contributed by atoms with Crippen LogP contribution >= 0.6 is 0 Å². The summed E-state index contributed by atoms with van der Waals surface area (Å²) < 4.78 is 10.5. The Morgan fingerprint density at radius 3 is 2.23 bits per heavy atom. The van der Waals surface area contributed by atoms with Crippen molar-refractivity contribution < 1.29 is 19.1 Å². The molecule has 136 valence electrons. The van der Waals surface area contributed by atoms with E-state index in [0.29, 0.717) is 17.0 Å². The van der Waals surface area contributed by atoms with Crippen molar-refractivity contribution in [3.63, 3.8) is 0 Å². The quantitative estimate of drug-likeness (QED) is 0.605. The number of anilines is 1. The average Bonchev–Trinajstić information content (AvgIpc) is 2.59. The van der Waals surface area contributed by atoms with Crippen molar-refractivity contribution in [1.29, 1.82) is 0 Å². The van der Waals surface area contributed by atoms with Crippen molar-refractivity contribution >= 4 is 30.2 Å². The summed E-state index contributed by atoms with van der Waals surface area (Å²) in [5.74, 6) is 0.633. The summed E-state index contributed by atoms with van der Waals surface area (Å²) in [7, 11) is 1.57. The van der Waals surface area contributed by atoms with Gasteiger partial charge in [-0.3, -0.25) is 10.1 Å². The van der Waals surface area contributed by atoms with Gasteiger partial charge in [0.1, 0.15) is 17.6 Å². The summed E-state index contributed by atoms with van der Waals surface area (Å²) in [5.41, 5.74) is 2.52. The minimum Gasteiger partial charge on any atom is -0.496 e. The van der Waals surface area contributed by atoms with Gasteiger partial charge in [-0.2, -0.15) is 0 Å². The maximum Gasteiger partial charge on any atom is 0.412 e. The van der Waals surface area contributed by atoms with E-state index >= 15 is 0 Å². The first kappa shape index (κ1) is 19.2. The van der Waals surface area contributed by atoms with Gasteiger partial charge in [0, 0.05) is 16.8 Å². The molecule has 1 amide bonds. The Hall–Kier alpha value is -3.08. The molecule has 0 saturated carbocycles. The second-order valence-electron chi connectivity index (χ2n) is 6.70. The molecule has 26 heavy (non-hydrogen) atoms. The summed E-state index contributed by atoms with van der Waals surface area (Å²) >= 11 is 0. The molecule has 2 aromatic carbocycles. The highest BCUT2D eigenvalue weighted by atomic mass is 16.6. The Morgan fingerprint density at radius 2 is 1.65 bits per heavy atom. The number of hydrogen-bond donors (Lipinski definition) is 1. The summed E-state index contributed by atoms with van der Waals surface area (Å²) in [6.07, 6.45) is 4.13.